The highest BCUT2D eigenvalue weighted by Crippen LogP contribution is 2.28. The van der Waals surface area contributed by atoms with Gasteiger partial charge in [0.2, 0.25) is 0 Å². The standard InChI is InChI=1S/C25H29F2NO5/c1-25(2,3)33-21(29)13-16-5-4-6-17(8-7-16)14-28-12-11-18-9-10-19(23(30)31)22(20(18)15-28)32-24(26)27/h9-10,12-13,15,17,24H,4-8,14H2,1-3H3,(H,30,31)/b16-13-. The van der Waals surface area contributed by atoms with Crippen LogP contribution in [0.15, 0.2) is 30.0 Å². The van der Waals surface area contributed by atoms with Crippen LogP contribution in [0.25, 0.3) is 11.9 Å². The summed E-state index contributed by atoms with van der Waals surface area (Å²) in [4.78, 5) is 25.4. The van der Waals surface area contributed by atoms with E-state index in [9.17, 15) is 23.5 Å². The largest absolute Gasteiger partial charge is 0.478 e. The minimum atomic E-state index is -3.14. The highest BCUT2D eigenvalue weighted by atomic mass is 19.3. The van der Waals surface area contributed by atoms with Gasteiger partial charge in [-0.1, -0.05) is 11.3 Å². The van der Waals surface area contributed by atoms with E-state index in [1.807, 2.05) is 25.7 Å². The zero-order valence-corrected chi connectivity index (χ0v) is 19.1. The summed E-state index contributed by atoms with van der Waals surface area (Å²) in [6.07, 6.45) is 9.34. The maximum Gasteiger partial charge on any atom is 0.387 e. The number of esters is 1. The second-order valence-corrected chi connectivity index (χ2v) is 9.32. The fourth-order valence-corrected chi connectivity index (χ4v) is 4.10. The lowest BCUT2D eigenvalue weighted by Gasteiger charge is -2.23. The molecule has 1 atom stereocenters. The fourth-order valence-electron chi connectivity index (χ4n) is 4.10. The summed E-state index contributed by atoms with van der Waals surface area (Å²) >= 11 is 0. The van der Waals surface area contributed by atoms with Crippen molar-refractivity contribution in [3.63, 3.8) is 0 Å². The number of carbonyl (C=O) groups is 2. The van der Waals surface area contributed by atoms with Crippen molar-refractivity contribution in [3.05, 3.63) is 46.0 Å². The first-order valence-electron chi connectivity index (χ1n) is 11.0. The molecule has 1 aliphatic carbocycles. The number of nitrogens with zero attached hydrogens (tertiary/aromatic N) is 1. The van der Waals surface area contributed by atoms with E-state index in [4.69, 9.17) is 4.74 Å². The number of fused-ring (bicyclic) bond motifs is 1. The van der Waals surface area contributed by atoms with Crippen LogP contribution in [0, 0.1) is 5.92 Å². The average molecular weight is 462 g/mol. The molecule has 1 heterocycles. The number of allylic oxidation sites excluding steroid dienone is 1. The van der Waals surface area contributed by atoms with Crippen LogP contribution in [0.5, 0.6) is 5.75 Å². The second kappa shape index (κ2) is 10.2. The Morgan fingerprint density at radius 1 is 1.27 bits per heavy atom. The van der Waals surface area contributed by atoms with Gasteiger partial charge in [-0.2, -0.15) is 8.78 Å². The molecule has 0 spiro atoms. The minimum Gasteiger partial charge on any atom is -0.478 e. The molecule has 6 nitrogen and oxygen atoms in total. The molecule has 1 saturated carbocycles. The third-order valence-electron chi connectivity index (χ3n) is 5.50. The van der Waals surface area contributed by atoms with Crippen LogP contribution in [-0.2, 0) is 9.53 Å². The number of aromatic carboxylic acids is 1. The van der Waals surface area contributed by atoms with E-state index in [-0.39, 0.29) is 22.5 Å². The van der Waals surface area contributed by atoms with E-state index in [2.05, 4.69) is 10.5 Å². The summed E-state index contributed by atoms with van der Waals surface area (Å²) in [5.74, 6) is -1.71. The number of carbonyl (C=O) groups excluding carboxylic acids is 1. The zero-order valence-electron chi connectivity index (χ0n) is 19.1. The predicted octanol–water partition coefficient (Wildman–Crippen LogP) is 3.78. The Balaban J connectivity index is 1.74. The van der Waals surface area contributed by atoms with Crippen LogP contribution >= 0.6 is 0 Å². The first kappa shape index (κ1) is 24.5. The van der Waals surface area contributed by atoms with Crippen LogP contribution < -0.4 is 15.2 Å². The highest BCUT2D eigenvalue weighted by molar-refractivity contribution is 5.91. The van der Waals surface area contributed by atoms with Crippen LogP contribution in [0.1, 0.15) is 63.2 Å². The summed E-state index contributed by atoms with van der Waals surface area (Å²) in [5.41, 5.74) is 3.25. The molecule has 2 aliphatic rings. The molecule has 3 rings (SSSR count). The molecule has 0 bridgehead atoms. The molecular weight excluding hydrogens is 432 g/mol. The Hall–Kier alpha value is -3.12. The molecule has 178 valence electrons. The smallest absolute Gasteiger partial charge is 0.387 e. The molecule has 1 N–H and O–H groups in total. The molecule has 1 aromatic rings. The normalized spacial score (nSPS) is 19.4. The van der Waals surface area contributed by atoms with Gasteiger partial charge in [0.25, 0.3) is 0 Å². The van der Waals surface area contributed by atoms with Crippen molar-refractivity contribution in [2.75, 3.05) is 6.54 Å². The fraction of sp³-hybridized carbons (Fsp3) is 0.480. The molecule has 0 saturated heterocycles. The number of ether oxygens (including phenoxy) is 2. The van der Waals surface area contributed by atoms with Gasteiger partial charge in [-0.15, -0.1) is 0 Å². The Bertz CT molecular complexity index is 1100. The van der Waals surface area contributed by atoms with Crippen molar-refractivity contribution < 1.29 is 33.0 Å². The van der Waals surface area contributed by atoms with Gasteiger partial charge in [-0.05, 0) is 70.9 Å². The predicted molar refractivity (Wildman–Crippen MR) is 119 cm³/mol. The van der Waals surface area contributed by atoms with Crippen molar-refractivity contribution >= 4 is 23.9 Å². The number of hydrogen-bond acceptors (Lipinski definition) is 5. The number of halogens is 2. The first-order chi connectivity index (χ1) is 15.5. The Labute approximate surface area is 191 Å². The Kier molecular flexibility index (Phi) is 7.59. The summed E-state index contributed by atoms with van der Waals surface area (Å²) < 4.78 is 35.9. The number of benzene rings is 1. The highest BCUT2D eigenvalue weighted by Gasteiger charge is 2.21. The van der Waals surface area contributed by atoms with Gasteiger partial charge in [-0.3, -0.25) is 0 Å². The summed E-state index contributed by atoms with van der Waals surface area (Å²) in [5, 5.41) is 10.1. The van der Waals surface area contributed by atoms with Crippen LogP contribution in [-0.4, -0.2) is 40.7 Å². The molecule has 1 fully saturated rings. The minimum absolute atomic E-state index is 0.275. The second-order valence-electron chi connectivity index (χ2n) is 9.32. The van der Waals surface area contributed by atoms with Crippen molar-refractivity contribution in [3.8, 4) is 5.75 Å². The van der Waals surface area contributed by atoms with E-state index in [1.165, 1.54) is 12.1 Å². The maximum atomic E-state index is 13.0. The third-order valence-corrected chi connectivity index (χ3v) is 5.50. The molecule has 1 unspecified atom stereocenters. The van der Waals surface area contributed by atoms with Gasteiger partial charge in [0.05, 0.1) is 0 Å². The van der Waals surface area contributed by atoms with Crippen LogP contribution in [0.4, 0.5) is 8.78 Å². The van der Waals surface area contributed by atoms with Gasteiger partial charge in [0.1, 0.15) is 11.2 Å². The summed E-state index contributed by atoms with van der Waals surface area (Å²) in [7, 11) is 0. The van der Waals surface area contributed by atoms with Crippen molar-refractivity contribution in [2.24, 2.45) is 5.92 Å². The van der Waals surface area contributed by atoms with Crippen molar-refractivity contribution in [2.45, 2.75) is 65.1 Å². The van der Waals surface area contributed by atoms with Crippen LogP contribution in [0.3, 0.4) is 0 Å². The topological polar surface area (TPSA) is 76.1 Å². The molecule has 1 aromatic carbocycles. The molecule has 1 aliphatic heterocycles. The maximum absolute atomic E-state index is 13.0. The van der Waals surface area contributed by atoms with Gasteiger partial charge in [0, 0.05) is 35.5 Å². The van der Waals surface area contributed by atoms with E-state index >= 15 is 0 Å². The lowest BCUT2D eigenvalue weighted by molar-refractivity contribution is -0.148. The lowest BCUT2D eigenvalue weighted by atomic mass is 9.99. The van der Waals surface area contributed by atoms with E-state index in [1.54, 1.807) is 18.5 Å². The summed E-state index contributed by atoms with van der Waals surface area (Å²) in [6.45, 7) is 2.99. The third kappa shape index (κ3) is 6.93. The molecule has 8 heteroatoms. The van der Waals surface area contributed by atoms with Crippen molar-refractivity contribution in [1.29, 1.82) is 0 Å². The van der Waals surface area contributed by atoms with Gasteiger partial charge in [0.15, 0.2) is 5.75 Å². The first-order valence-corrected chi connectivity index (χ1v) is 11.0. The quantitative estimate of drug-likeness (QED) is 0.395. The van der Waals surface area contributed by atoms with E-state index < -0.39 is 18.2 Å². The lowest BCUT2D eigenvalue weighted by Crippen LogP contribution is -2.35. The Morgan fingerprint density at radius 3 is 2.70 bits per heavy atom. The molecule has 33 heavy (non-hydrogen) atoms. The van der Waals surface area contributed by atoms with E-state index in [0.717, 1.165) is 37.7 Å². The molecule has 0 radical (unpaired) electrons. The van der Waals surface area contributed by atoms with E-state index in [0.29, 0.717) is 17.7 Å². The number of alkyl halides is 2. The number of carboxylic acid groups (broad SMARTS) is 1. The average Bonchev–Trinajstić information content (AvgIpc) is 2.91. The summed E-state index contributed by atoms with van der Waals surface area (Å²) in [6, 6.07) is 2.77. The van der Waals surface area contributed by atoms with Gasteiger partial charge < -0.3 is 19.5 Å². The number of hydrogen-bond donors (Lipinski definition) is 1. The SMILES string of the molecule is CC(C)(C)OC(=O)/C=C1/CCCC(CN2C=C=c3ccc(C(=O)O)c(OC(F)F)c3=C2)CC1. The van der Waals surface area contributed by atoms with Crippen LogP contribution in [0.2, 0.25) is 0 Å². The van der Waals surface area contributed by atoms with Crippen molar-refractivity contribution in [1.82, 2.24) is 4.90 Å². The molecule has 0 aromatic heterocycles. The van der Waals surface area contributed by atoms with Gasteiger partial charge in [-0.25, -0.2) is 9.59 Å². The molecule has 0 amide bonds. The number of carboxylic acids is 1. The van der Waals surface area contributed by atoms with Gasteiger partial charge >= 0.3 is 18.6 Å². The number of rotatable bonds is 6. The Morgan fingerprint density at radius 2 is 2.03 bits per heavy atom. The zero-order chi connectivity index (χ0) is 24.2. The molecular formula is C25H29F2NO5. The monoisotopic (exact) mass is 461 g/mol.